The topological polar surface area (TPSA) is 88.4 Å². The van der Waals surface area contributed by atoms with Crippen LogP contribution in [-0.4, -0.2) is 26.4 Å². The number of hydrogen-bond donors (Lipinski definition) is 2. The van der Waals surface area contributed by atoms with Crippen molar-refractivity contribution < 1.29 is 14.0 Å². The molecule has 8 heteroatoms. The van der Waals surface area contributed by atoms with Gasteiger partial charge in [0.25, 0.3) is 5.91 Å². The number of carbonyl (C=O) groups excluding carboxylic acids is 2. The average molecular weight is 325 g/mol. The number of carbonyl (C=O) groups is 2. The predicted molar refractivity (Wildman–Crippen MR) is 86.2 cm³/mol. The molecular formula is C16H12FN5O2. The zero-order valence-electron chi connectivity index (χ0n) is 12.4. The number of rotatable bonds is 4. The van der Waals surface area contributed by atoms with Crippen LogP contribution >= 0.6 is 0 Å². The Labute approximate surface area is 135 Å². The maximum Gasteiger partial charge on any atom is 0.259 e. The Bertz CT molecular complexity index is 951. The molecule has 120 valence electrons. The molecule has 0 atom stereocenters. The van der Waals surface area contributed by atoms with E-state index in [-0.39, 0.29) is 5.69 Å². The van der Waals surface area contributed by atoms with Crippen molar-refractivity contribution in [2.75, 3.05) is 10.6 Å². The van der Waals surface area contributed by atoms with Crippen LogP contribution in [0, 0.1) is 5.82 Å². The van der Waals surface area contributed by atoms with Crippen molar-refractivity contribution in [3.8, 4) is 0 Å². The minimum absolute atomic E-state index is 0.0563. The SMILES string of the molecule is C=CC(=O)Nc1cc(NC(=O)c2cnn3ccncc23)ccc1F. The molecule has 0 saturated heterocycles. The number of nitrogens with zero attached hydrogens (tertiary/aromatic N) is 3. The standard InChI is InChI=1S/C16H12FN5O2/c1-2-15(23)21-13-7-10(3-4-12(13)17)20-16(24)11-8-19-22-6-5-18-9-14(11)22/h2-9H,1H2,(H,20,24)(H,21,23). The van der Waals surface area contributed by atoms with Crippen LogP contribution in [0.2, 0.25) is 0 Å². The zero-order chi connectivity index (χ0) is 17.1. The maximum atomic E-state index is 13.7. The summed E-state index contributed by atoms with van der Waals surface area (Å²) in [7, 11) is 0. The summed E-state index contributed by atoms with van der Waals surface area (Å²) >= 11 is 0. The minimum Gasteiger partial charge on any atom is -0.322 e. The highest BCUT2D eigenvalue weighted by Gasteiger charge is 2.14. The number of fused-ring (bicyclic) bond motifs is 1. The molecule has 7 nitrogen and oxygen atoms in total. The van der Waals surface area contributed by atoms with Gasteiger partial charge in [0.2, 0.25) is 5.91 Å². The van der Waals surface area contributed by atoms with Crippen molar-refractivity contribution in [3.63, 3.8) is 0 Å². The largest absolute Gasteiger partial charge is 0.322 e. The van der Waals surface area contributed by atoms with Crippen LogP contribution in [-0.2, 0) is 4.79 Å². The number of nitrogens with one attached hydrogen (secondary N) is 2. The second kappa shape index (κ2) is 6.29. The number of anilines is 2. The first-order chi connectivity index (χ1) is 11.6. The van der Waals surface area contributed by atoms with Gasteiger partial charge < -0.3 is 10.6 Å². The van der Waals surface area contributed by atoms with Gasteiger partial charge in [-0.2, -0.15) is 5.10 Å². The summed E-state index contributed by atoms with van der Waals surface area (Å²) in [6.07, 6.45) is 7.12. The van der Waals surface area contributed by atoms with E-state index in [0.717, 1.165) is 12.1 Å². The molecule has 0 aliphatic rings. The highest BCUT2D eigenvalue weighted by molar-refractivity contribution is 6.09. The molecule has 2 heterocycles. The Morgan fingerprint density at radius 1 is 1.25 bits per heavy atom. The molecule has 3 rings (SSSR count). The minimum atomic E-state index is -0.622. The first-order valence-electron chi connectivity index (χ1n) is 6.90. The van der Waals surface area contributed by atoms with E-state index in [4.69, 9.17) is 0 Å². The van der Waals surface area contributed by atoms with Gasteiger partial charge in [-0.05, 0) is 24.3 Å². The van der Waals surface area contributed by atoms with Gasteiger partial charge in [0.15, 0.2) is 0 Å². The van der Waals surface area contributed by atoms with E-state index in [0.29, 0.717) is 16.8 Å². The molecule has 2 aromatic heterocycles. The van der Waals surface area contributed by atoms with E-state index in [1.54, 1.807) is 12.4 Å². The lowest BCUT2D eigenvalue weighted by atomic mass is 10.2. The molecule has 0 fully saturated rings. The second-order valence-corrected chi connectivity index (χ2v) is 4.81. The fraction of sp³-hybridized carbons (Fsp3) is 0. The molecule has 0 aliphatic heterocycles. The highest BCUT2D eigenvalue weighted by Crippen LogP contribution is 2.21. The molecule has 3 aromatic rings. The van der Waals surface area contributed by atoms with E-state index >= 15 is 0 Å². The summed E-state index contributed by atoms with van der Waals surface area (Å²) < 4.78 is 15.2. The summed E-state index contributed by atoms with van der Waals surface area (Å²) in [6.45, 7) is 3.30. The third-order valence-electron chi connectivity index (χ3n) is 3.24. The lowest BCUT2D eigenvalue weighted by Crippen LogP contribution is -2.13. The van der Waals surface area contributed by atoms with E-state index < -0.39 is 17.6 Å². The summed E-state index contributed by atoms with van der Waals surface area (Å²) in [6, 6.07) is 3.85. The molecule has 2 amide bonds. The molecule has 2 N–H and O–H groups in total. The van der Waals surface area contributed by atoms with Gasteiger partial charge in [0, 0.05) is 18.1 Å². The van der Waals surface area contributed by atoms with Crippen LogP contribution in [0.25, 0.3) is 5.52 Å². The van der Waals surface area contributed by atoms with Crippen LogP contribution in [0.15, 0.2) is 55.6 Å². The average Bonchev–Trinajstić information content (AvgIpc) is 3.02. The van der Waals surface area contributed by atoms with Crippen LogP contribution in [0.1, 0.15) is 10.4 Å². The Morgan fingerprint density at radius 2 is 2.08 bits per heavy atom. The Morgan fingerprint density at radius 3 is 2.88 bits per heavy atom. The van der Waals surface area contributed by atoms with E-state index in [9.17, 15) is 14.0 Å². The summed E-state index contributed by atoms with van der Waals surface area (Å²) in [5.41, 5.74) is 1.13. The van der Waals surface area contributed by atoms with E-state index in [1.807, 2.05) is 0 Å². The van der Waals surface area contributed by atoms with Crippen molar-refractivity contribution in [3.05, 3.63) is 67.0 Å². The molecule has 0 saturated carbocycles. The molecule has 0 unspecified atom stereocenters. The lowest BCUT2D eigenvalue weighted by Gasteiger charge is -2.08. The van der Waals surface area contributed by atoms with Gasteiger partial charge >= 0.3 is 0 Å². The molecule has 24 heavy (non-hydrogen) atoms. The Hall–Kier alpha value is -3.55. The monoisotopic (exact) mass is 325 g/mol. The molecule has 0 aliphatic carbocycles. The lowest BCUT2D eigenvalue weighted by molar-refractivity contribution is -0.111. The van der Waals surface area contributed by atoms with Crippen LogP contribution in [0.5, 0.6) is 0 Å². The van der Waals surface area contributed by atoms with E-state index in [2.05, 4.69) is 27.3 Å². The van der Waals surface area contributed by atoms with Gasteiger partial charge in [0.05, 0.1) is 29.2 Å². The van der Waals surface area contributed by atoms with Gasteiger partial charge in [-0.3, -0.25) is 14.6 Å². The Kier molecular flexibility index (Phi) is 4.02. The number of benzene rings is 1. The van der Waals surface area contributed by atoms with E-state index in [1.165, 1.54) is 29.0 Å². The van der Waals surface area contributed by atoms with Crippen molar-refractivity contribution in [1.82, 2.24) is 14.6 Å². The smallest absolute Gasteiger partial charge is 0.259 e. The molecular weight excluding hydrogens is 313 g/mol. The molecule has 0 radical (unpaired) electrons. The van der Waals surface area contributed by atoms with Crippen molar-refractivity contribution in [2.45, 2.75) is 0 Å². The first kappa shape index (κ1) is 15.3. The molecule has 1 aromatic carbocycles. The third-order valence-corrected chi connectivity index (χ3v) is 3.24. The third kappa shape index (κ3) is 2.98. The number of hydrogen-bond acceptors (Lipinski definition) is 4. The van der Waals surface area contributed by atoms with Crippen LogP contribution < -0.4 is 10.6 Å². The summed E-state index contributed by atoms with van der Waals surface area (Å²) in [4.78, 5) is 27.6. The van der Waals surface area contributed by atoms with Gasteiger partial charge in [-0.25, -0.2) is 8.91 Å². The van der Waals surface area contributed by atoms with Gasteiger partial charge in [-0.15, -0.1) is 0 Å². The fourth-order valence-corrected chi connectivity index (χ4v) is 2.09. The van der Waals surface area contributed by atoms with Crippen molar-refractivity contribution >= 4 is 28.7 Å². The predicted octanol–water partition coefficient (Wildman–Crippen LogP) is 2.25. The van der Waals surface area contributed by atoms with Crippen LogP contribution in [0.3, 0.4) is 0 Å². The molecule has 0 spiro atoms. The summed E-state index contributed by atoms with van der Waals surface area (Å²) in [5, 5.41) is 9.01. The number of amides is 2. The molecule has 0 bridgehead atoms. The quantitative estimate of drug-likeness (QED) is 0.720. The fourth-order valence-electron chi connectivity index (χ4n) is 2.09. The van der Waals surface area contributed by atoms with Gasteiger partial charge in [0.1, 0.15) is 5.82 Å². The first-order valence-corrected chi connectivity index (χ1v) is 6.90. The maximum absolute atomic E-state index is 13.7. The van der Waals surface area contributed by atoms with Crippen LogP contribution in [0.4, 0.5) is 15.8 Å². The van der Waals surface area contributed by atoms with Crippen molar-refractivity contribution in [2.24, 2.45) is 0 Å². The summed E-state index contributed by atoms with van der Waals surface area (Å²) in [5.74, 6) is -1.60. The zero-order valence-corrected chi connectivity index (χ0v) is 12.4. The van der Waals surface area contributed by atoms with Crippen molar-refractivity contribution in [1.29, 1.82) is 0 Å². The van der Waals surface area contributed by atoms with Gasteiger partial charge in [-0.1, -0.05) is 6.58 Å². The number of halogens is 1. The number of aromatic nitrogens is 3. The Balaban J connectivity index is 1.85. The normalized spacial score (nSPS) is 10.4. The second-order valence-electron chi connectivity index (χ2n) is 4.81. The highest BCUT2D eigenvalue weighted by atomic mass is 19.1.